The van der Waals surface area contributed by atoms with Gasteiger partial charge in [0.2, 0.25) is 0 Å². The number of esters is 1. The molecule has 0 bridgehead atoms. The predicted molar refractivity (Wildman–Crippen MR) is 85.5 cm³/mol. The normalized spacial score (nSPS) is 17.8. The van der Waals surface area contributed by atoms with Crippen LogP contribution in [0.4, 0.5) is 0 Å². The Kier molecular flexibility index (Phi) is 4.37. The molecule has 0 unspecified atom stereocenters. The summed E-state index contributed by atoms with van der Waals surface area (Å²) in [5, 5.41) is 3.79. The van der Waals surface area contributed by atoms with E-state index < -0.39 is 0 Å². The fourth-order valence-electron chi connectivity index (χ4n) is 2.05. The third kappa shape index (κ3) is 3.85. The van der Waals surface area contributed by atoms with Crippen molar-refractivity contribution in [3.05, 3.63) is 40.4 Å². The Morgan fingerprint density at radius 2 is 2.10 bits per heavy atom. The number of nitrogens with zero attached hydrogens (tertiary/aromatic N) is 1. The van der Waals surface area contributed by atoms with E-state index in [2.05, 4.69) is 10.3 Å². The van der Waals surface area contributed by atoms with Crippen molar-refractivity contribution in [2.45, 2.75) is 33.2 Å². The Morgan fingerprint density at radius 3 is 2.71 bits per heavy atom. The van der Waals surface area contributed by atoms with Gasteiger partial charge in [0, 0.05) is 22.2 Å². The van der Waals surface area contributed by atoms with Gasteiger partial charge in [-0.3, -0.25) is 4.99 Å². The average molecular weight is 307 g/mol. The molecule has 1 N–H and O–H groups in total. The van der Waals surface area contributed by atoms with Crippen LogP contribution in [0.15, 0.2) is 29.3 Å². The third-order valence-corrected chi connectivity index (χ3v) is 3.01. The fraction of sp³-hybridized carbons (Fsp3) is 0.375. The monoisotopic (exact) mass is 306 g/mol. The maximum atomic E-state index is 11.7. The van der Waals surface area contributed by atoms with Crippen LogP contribution in [0.1, 0.15) is 38.8 Å². The van der Waals surface area contributed by atoms with Crippen LogP contribution in [0, 0.1) is 0 Å². The summed E-state index contributed by atoms with van der Waals surface area (Å²) < 4.78 is 4.96. The second-order valence-electron chi connectivity index (χ2n) is 5.76. The van der Waals surface area contributed by atoms with Crippen LogP contribution in [0.5, 0.6) is 0 Å². The van der Waals surface area contributed by atoms with Crippen molar-refractivity contribution in [2.75, 3.05) is 6.61 Å². The van der Waals surface area contributed by atoms with Crippen molar-refractivity contribution in [2.24, 2.45) is 4.99 Å². The van der Waals surface area contributed by atoms with Crippen molar-refractivity contribution in [3.63, 3.8) is 0 Å². The van der Waals surface area contributed by atoms with Crippen molar-refractivity contribution < 1.29 is 9.53 Å². The summed E-state index contributed by atoms with van der Waals surface area (Å²) in [5.74, 6) is 0.354. The minimum atomic E-state index is -0.386. The van der Waals surface area contributed by atoms with E-state index in [0.717, 1.165) is 17.0 Å². The molecule has 4 nitrogen and oxygen atoms in total. The molecule has 0 amide bonds. The first-order valence-corrected chi connectivity index (χ1v) is 7.23. The van der Waals surface area contributed by atoms with Gasteiger partial charge in [-0.2, -0.15) is 0 Å². The molecule has 0 saturated carbocycles. The summed E-state index contributed by atoms with van der Waals surface area (Å²) >= 11 is 6.06. The molecule has 1 heterocycles. The van der Waals surface area contributed by atoms with Crippen molar-refractivity contribution >= 4 is 29.1 Å². The van der Waals surface area contributed by atoms with Crippen molar-refractivity contribution in [3.8, 4) is 0 Å². The second kappa shape index (κ2) is 5.90. The number of hydrogen-bond donors (Lipinski definition) is 1. The Labute approximate surface area is 129 Å². The number of fused-ring (bicyclic) bond motifs is 1. The molecule has 112 valence electrons. The van der Waals surface area contributed by atoms with Crippen LogP contribution < -0.4 is 5.32 Å². The van der Waals surface area contributed by atoms with E-state index in [9.17, 15) is 4.79 Å². The molecule has 0 fully saturated rings. The first-order valence-electron chi connectivity index (χ1n) is 6.86. The number of benzene rings is 1. The lowest BCUT2D eigenvalue weighted by Crippen LogP contribution is -2.21. The molecule has 0 atom stereocenters. The summed E-state index contributed by atoms with van der Waals surface area (Å²) in [6.45, 7) is 8.17. The number of aliphatic imine (C=N–C) groups is 1. The zero-order chi connectivity index (χ0) is 15.6. The van der Waals surface area contributed by atoms with Gasteiger partial charge in [0.05, 0.1) is 17.8 Å². The maximum Gasteiger partial charge on any atom is 0.332 e. The lowest BCUT2D eigenvalue weighted by atomic mass is 10.1. The van der Waals surface area contributed by atoms with Crippen LogP contribution in [0.25, 0.3) is 5.70 Å². The molecule has 1 aromatic carbocycles. The highest BCUT2D eigenvalue weighted by molar-refractivity contribution is 6.31. The van der Waals surface area contributed by atoms with Crippen molar-refractivity contribution in [1.29, 1.82) is 0 Å². The number of carbonyl (C=O) groups is 1. The van der Waals surface area contributed by atoms with Crippen molar-refractivity contribution in [1.82, 2.24) is 5.32 Å². The Bertz CT molecular complexity index is 628. The third-order valence-electron chi connectivity index (χ3n) is 2.78. The minimum Gasteiger partial charge on any atom is -0.463 e. The highest BCUT2D eigenvalue weighted by atomic mass is 35.5. The van der Waals surface area contributed by atoms with Crippen LogP contribution in [0.2, 0.25) is 5.02 Å². The average Bonchev–Trinajstić information content (AvgIpc) is 2.65. The first-order chi connectivity index (χ1) is 9.80. The second-order valence-corrected chi connectivity index (χ2v) is 6.19. The van der Waals surface area contributed by atoms with E-state index in [1.165, 1.54) is 6.08 Å². The largest absolute Gasteiger partial charge is 0.463 e. The van der Waals surface area contributed by atoms with Crippen LogP contribution in [0.3, 0.4) is 0 Å². The Hall–Kier alpha value is -1.81. The molecular weight excluding hydrogens is 288 g/mol. The standard InChI is InChI=1S/C16H19ClN2O2/c1-5-21-14(20)9-13-12-8-10(17)6-7-11(12)15(18-13)19-16(2,3)4/h6-9H,5H2,1-4H3,(H,18,19)/b13-9+. The number of hydrogen-bond acceptors (Lipinski definition) is 3. The number of nitrogens with one attached hydrogen (secondary N) is 1. The molecule has 1 aliphatic rings. The lowest BCUT2D eigenvalue weighted by molar-refractivity contribution is -0.137. The summed E-state index contributed by atoms with van der Waals surface area (Å²) in [4.78, 5) is 16.3. The lowest BCUT2D eigenvalue weighted by Gasteiger charge is -2.13. The van der Waals surface area contributed by atoms with Gasteiger partial charge < -0.3 is 10.1 Å². The molecule has 0 aliphatic carbocycles. The molecule has 0 spiro atoms. The van der Waals surface area contributed by atoms with E-state index in [1.54, 1.807) is 6.92 Å². The van der Waals surface area contributed by atoms with Crippen LogP contribution >= 0.6 is 11.6 Å². The molecular formula is C16H19ClN2O2. The molecule has 1 aromatic rings. The molecule has 2 rings (SSSR count). The zero-order valence-electron chi connectivity index (χ0n) is 12.7. The van der Waals surface area contributed by atoms with Gasteiger partial charge in [-0.1, -0.05) is 11.6 Å². The van der Waals surface area contributed by atoms with Gasteiger partial charge in [-0.05, 0) is 45.9 Å². The minimum absolute atomic E-state index is 0.224. The van der Waals surface area contributed by atoms with Gasteiger partial charge in [-0.25, -0.2) is 4.79 Å². The van der Waals surface area contributed by atoms with E-state index in [0.29, 0.717) is 17.3 Å². The highest BCUT2D eigenvalue weighted by Crippen LogP contribution is 2.29. The van der Waals surface area contributed by atoms with Gasteiger partial charge in [-0.15, -0.1) is 0 Å². The number of amidine groups is 1. The quantitative estimate of drug-likeness (QED) is 0.673. The van der Waals surface area contributed by atoms with Gasteiger partial charge >= 0.3 is 5.97 Å². The van der Waals surface area contributed by atoms with E-state index in [4.69, 9.17) is 16.3 Å². The number of ether oxygens (including phenoxy) is 1. The topological polar surface area (TPSA) is 50.7 Å². The van der Waals surface area contributed by atoms with Crippen LogP contribution in [-0.2, 0) is 9.53 Å². The summed E-state index contributed by atoms with van der Waals surface area (Å²) in [6.07, 6.45) is 1.43. The van der Waals surface area contributed by atoms with E-state index >= 15 is 0 Å². The smallest absolute Gasteiger partial charge is 0.332 e. The first kappa shape index (κ1) is 15.6. The van der Waals surface area contributed by atoms with E-state index in [-0.39, 0.29) is 11.5 Å². The summed E-state index contributed by atoms with van der Waals surface area (Å²) in [5.41, 5.74) is 2.23. The summed E-state index contributed by atoms with van der Waals surface area (Å²) in [7, 11) is 0. The van der Waals surface area contributed by atoms with Gasteiger partial charge in [0.15, 0.2) is 0 Å². The molecule has 21 heavy (non-hydrogen) atoms. The highest BCUT2D eigenvalue weighted by Gasteiger charge is 2.25. The number of halogens is 1. The molecule has 0 saturated heterocycles. The maximum absolute atomic E-state index is 11.7. The molecule has 1 aliphatic heterocycles. The van der Waals surface area contributed by atoms with Gasteiger partial charge in [0.1, 0.15) is 5.84 Å². The van der Waals surface area contributed by atoms with E-state index in [1.807, 2.05) is 39.0 Å². The Balaban J connectivity index is 2.47. The molecule has 0 aromatic heterocycles. The van der Waals surface area contributed by atoms with Crippen LogP contribution in [-0.4, -0.2) is 24.0 Å². The molecule has 0 radical (unpaired) electrons. The molecule has 5 heteroatoms. The SMILES string of the molecule is CCOC(=O)/C=C1/NC(=NC(C)(C)C)c2ccc(Cl)cc21. The Morgan fingerprint density at radius 1 is 1.38 bits per heavy atom. The van der Waals surface area contributed by atoms with Gasteiger partial charge in [0.25, 0.3) is 0 Å². The predicted octanol–water partition coefficient (Wildman–Crippen LogP) is 3.39. The number of rotatable bonds is 2. The number of carbonyl (C=O) groups excluding carboxylic acids is 1. The summed E-state index contributed by atoms with van der Waals surface area (Å²) in [6, 6.07) is 5.54. The zero-order valence-corrected chi connectivity index (χ0v) is 13.4. The fourth-order valence-corrected chi connectivity index (χ4v) is 2.22.